The van der Waals surface area contributed by atoms with Gasteiger partial charge in [0.2, 0.25) is 0 Å². The molecule has 0 aliphatic rings. The monoisotopic (exact) mass is 363 g/mol. The van der Waals surface area contributed by atoms with Gasteiger partial charge in [0, 0.05) is 23.0 Å². The fourth-order valence-corrected chi connectivity index (χ4v) is 2.65. The molecule has 0 amide bonds. The minimum Gasteiger partial charge on any atom is -0.465 e. The SMILES string of the molecule is CCOC(=O)Cn1cnc([C@@H](C)C[C@H](N)c2ccc(Cl)cc2)cc1=O. The van der Waals surface area contributed by atoms with Crippen LogP contribution in [0.2, 0.25) is 5.02 Å². The summed E-state index contributed by atoms with van der Waals surface area (Å²) in [6, 6.07) is 8.65. The molecule has 2 rings (SSSR count). The molecule has 0 unspecified atom stereocenters. The van der Waals surface area contributed by atoms with Crippen LogP contribution in [0.25, 0.3) is 0 Å². The summed E-state index contributed by atoms with van der Waals surface area (Å²) in [6.07, 6.45) is 2.01. The number of carbonyl (C=O) groups excluding carboxylic acids is 1. The van der Waals surface area contributed by atoms with Crippen molar-refractivity contribution in [2.75, 3.05) is 6.61 Å². The molecule has 1 aromatic heterocycles. The van der Waals surface area contributed by atoms with E-state index in [-0.39, 0.29) is 30.7 Å². The number of nitrogens with two attached hydrogens (primary N) is 1. The Morgan fingerprint density at radius 2 is 2.04 bits per heavy atom. The topological polar surface area (TPSA) is 87.2 Å². The van der Waals surface area contributed by atoms with Crippen LogP contribution in [0.4, 0.5) is 0 Å². The molecule has 2 aromatic rings. The van der Waals surface area contributed by atoms with E-state index >= 15 is 0 Å². The first-order chi connectivity index (χ1) is 11.9. The predicted octanol–water partition coefficient (Wildman–Crippen LogP) is 2.65. The van der Waals surface area contributed by atoms with Crippen molar-refractivity contribution in [1.29, 1.82) is 0 Å². The number of rotatable bonds is 7. The van der Waals surface area contributed by atoms with Crippen molar-refractivity contribution in [3.63, 3.8) is 0 Å². The number of hydrogen-bond donors (Lipinski definition) is 1. The highest BCUT2D eigenvalue weighted by atomic mass is 35.5. The zero-order chi connectivity index (χ0) is 18.4. The van der Waals surface area contributed by atoms with Gasteiger partial charge in [0.15, 0.2) is 0 Å². The fraction of sp³-hybridized carbons (Fsp3) is 0.389. The third kappa shape index (κ3) is 5.41. The first-order valence-corrected chi connectivity index (χ1v) is 8.51. The fourth-order valence-electron chi connectivity index (χ4n) is 2.52. The third-order valence-electron chi connectivity index (χ3n) is 3.92. The molecule has 134 valence electrons. The maximum absolute atomic E-state index is 12.1. The normalized spacial score (nSPS) is 13.3. The lowest BCUT2D eigenvalue weighted by molar-refractivity contribution is -0.143. The number of benzene rings is 1. The Bertz CT molecular complexity index is 774. The molecule has 2 N–H and O–H groups in total. The lowest BCUT2D eigenvalue weighted by Gasteiger charge is -2.17. The largest absolute Gasteiger partial charge is 0.465 e. The average Bonchev–Trinajstić information content (AvgIpc) is 2.57. The molecule has 0 saturated heterocycles. The molecular formula is C18H22ClN3O3. The quantitative estimate of drug-likeness (QED) is 0.764. The van der Waals surface area contributed by atoms with Crippen LogP contribution in [0.15, 0.2) is 41.5 Å². The summed E-state index contributed by atoms with van der Waals surface area (Å²) in [5.74, 6) is -0.465. The van der Waals surface area contributed by atoms with Crippen molar-refractivity contribution < 1.29 is 9.53 Å². The maximum Gasteiger partial charge on any atom is 0.326 e. The lowest BCUT2D eigenvalue weighted by Crippen LogP contribution is -2.26. The smallest absolute Gasteiger partial charge is 0.326 e. The molecule has 1 aromatic carbocycles. The van der Waals surface area contributed by atoms with Gasteiger partial charge in [-0.2, -0.15) is 0 Å². The van der Waals surface area contributed by atoms with E-state index in [4.69, 9.17) is 22.1 Å². The van der Waals surface area contributed by atoms with Crippen molar-refractivity contribution in [3.05, 3.63) is 63.3 Å². The number of hydrogen-bond acceptors (Lipinski definition) is 5. The number of aromatic nitrogens is 2. The Labute approximate surface area is 151 Å². The van der Waals surface area contributed by atoms with E-state index in [0.29, 0.717) is 17.1 Å². The van der Waals surface area contributed by atoms with E-state index in [0.717, 1.165) is 5.56 Å². The average molecular weight is 364 g/mol. The van der Waals surface area contributed by atoms with Crippen LogP contribution in [0, 0.1) is 0 Å². The van der Waals surface area contributed by atoms with Crippen LogP contribution in [-0.2, 0) is 16.1 Å². The zero-order valence-electron chi connectivity index (χ0n) is 14.3. The Kier molecular flexibility index (Phi) is 6.73. The second-order valence-corrected chi connectivity index (χ2v) is 6.32. The van der Waals surface area contributed by atoms with Gasteiger partial charge in [-0.25, -0.2) is 4.98 Å². The minimum atomic E-state index is -0.461. The molecule has 6 nitrogen and oxygen atoms in total. The van der Waals surface area contributed by atoms with Crippen molar-refractivity contribution in [2.24, 2.45) is 5.73 Å². The molecule has 0 aliphatic heterocycles. The molecule has 0 spiro atoms. The predicted molar refractivity (Wildman–Crippen MR) is 96.5 cm³/mol. The van der Waals surface area contributed by atoms with E-state index in [2.05, 4.69) is 4.98 Å². The second-order valence-electron chi connectivity index (χ2n) is 5.88. The van der Waals surface area contributed by atoms with Crippen molar-refractivity contribution in [3.8, 4) is 0 Å². The summed E-state index contributed by atoms with van der Waals surface area (Å²) in [6.45, 7) is 3.82. The lowest BCUT2D eigenvalue weighted by atomic mass is 9.94. The van der Waals surface area contributed by atoms with Crippen LogP contribution in [-0.4, -0.2) is 22.1 Å². The maximum atomic E-state index is 12.1. The van der Waals surface area contributed by atoms with Gasteiger partial charge in [0.1, 0.15) is 6.54 Å². The van der Waals surface area contributed by atoms with E-state index in [1.54, 1.807) is 19.1 Å². The Morgan fingerprint density at radius 3 is 2.64 bits per heavy atom. The molecule has 0 fully saturated rings. The van der Waals surface area contributed by atoms with Crippen molar-refractivity contribution >= 4 is 17.6 Å². The van der Waals surface area contributed by atoms with Gasteiger partial charge in [0.05, 0.1) is 18.6 Å². The Balaban J connectivity index is 2.05. The molecule has 2 atom stereocenters. The van der Waals surface area contributed by atoms with Crippen LogP contribution < -0.4 is 11.3 Å². The van der Waals surface area contributed by atoms with Gasteiger partial charge in [-0.15, -0.1) is 0 Å². The van der Waals surface area contributed by atoms with Crippen LogP contribution in [0.1, 0.15) is 43.5 Å². The van der Waals surface area contributed by atoms with Gasteiger partial charge >= 0.3 is 5.97 Å². The van der Waals surface area contributed by atoms with Crippen molar-refractivity contribution in [2.45, 2.75) is 38.8 Å². The van der Waals surface area contributed by atoms with E-state index in [9.17, 15) is 9.59 Å². The summed E-state index contributed by atoms with van der Waals surface area (Å²) in [7, 11) is 0. The van der Waals surface area contributed by atoms with Gasteiger partial charge in [-0.05, 0) is 31.0 Å². The number of nitrogens with zero attached hydrogens (tertiary/aromatic N) is 2. The second kappa shape index (κ2) is 8.78. The van der Waals surface area contributed by atoms with Crippen LogP contribution in [0.5, 0.6) is 0 Å². The summed E-state index contributed by atoms with van der Waals surface area (Å²) in [5, 5.41) is 0.663. The summed E-state index contributed by atoms with van der Waals surface area (Å²) < 4.78 is 6.07. The standard InChI is InChI=1S/C18H22ClN3O3/c1-3-25-18(24)10-22-11-21-16(9-17(22)23)12(2)8-15(20)13-4-6-14(19)7-5-13/h4-7,9,11-12,15H,3,8,10,20H2,1-2H3/t12-,15-/m0/s1. The number of ether oxygens (including phenoxy) is 1. The van der Waals surface area contributed by atoms with Gasteiger partial charge in [-0.3, -0.25) is 14.2 Å². The first-order valence-electron chi connectivity index (χ1n) is 8.13. The van der Waals surface area contributed by atoms with E-state index in [1.165, 1.54) is 17.0 Å². The molecule has 0 saturated carbocycles. The highest BCUT2D eigenvalue weighted by molar-refractivity contribution is 6.30. The Morgan fingerprint density at radius 1 is 1.36 bits per heavy atom. The number of esters is 1. The summed E-state index contributed by atoms with van der Waals surface area (Å²) in [5.41, 5.74) is 7.57. The molecule has 0 radical (unpaired) electrons. The van der Waals surface area contributed by atoms with E-state index < -0.39 is 5.97 Å². The van der Waals surface area contributed by atoms with Gasteiger partial charge in [0.25, 0.3) is 5.56 Å². The van der Waals surface area contributed by atoms with Gasteiger partial charge in [-0.1, -0.05) is 30.7 Å². The third-order valence-corrected chi connectivity index (χ3v) is 4.17. The number of halogens is 1. The number of carbonyl (C=O) groups is 1. The Hall–Kier alpha value is -2.18. The first kappa shape index (κ1) is 19.1. The molecule has 0 aliphatic carbocycles. The molecule has 25 heavy (non-hydrogen) atoms. The molecule has 7 heteroatoms. The molecule has 0 bridgehead atoms. The molecule has 1 heterocycles. The zero-order valence-corrected chi connectivity index (χ0v) is 15.1. The highest BCUT2D eigenvalue weighted by Crippen LogP contribution is 2.25. The summed E-state index contributed by atoms with van der Waals surface area (Å²) in [4.78, 5) is 27.9. The van der Waals surface area contributed by atoms with Crippen LogP contribution >= 0.6 is 11.6 Å². The highest BCUT2D eigenvalue weighted by Gasteiger charge is 2.15. The van der Waals surface area contributed by atoms with E-state index in [1.807, 2.05) is 19.1 Å². The molecular weight excluding hydrogens is 342 g/mol. The minimum absolute atomic E-state index is 0.00405. The van der Waals surface area contributed by atoms with Gasteiger partial charge < -0.3 is 10.5 Å². The summed E-state index contributed by atoms with van der Waals surface area (Å²) >= 11 is 5.89. The van der Waals surface area contributed by atoms with Crippen LogP contribution in [0.3, 0.4) is 0 Å². The van der Waals surface area contributed by atoms with Crippen molar-refractivity contribution in [1.82, 2.24) is 9.55 Å².